The third-order valence-corrected chi connectivity index (χ3v) is 4.40. The van der Waals surface area contributed by atoms with Crippen molar-refractivity contribution in [1.82, 2.24) is 0 Å². The van der Waals surface area contributed by atoms with Crippen LogP contribution in [0.5, 0.6) is 0 Å². The molecular weight excluding hydrogens is 324 g/mol. The zero-order valence-electron chi connectivity index (χ0n) is 10.9. The van der Waals surface area contributed by atoms with E-state index in [1.54, 1.807) is 12.1 Å². The number of carbonyl (C=O) groups is 2. The molecule has 0 spiro atoms. The highest BCUT2D eigenvalue weighted by atomic mass is 79.9. The maximum absolute atomic E-state index is 12.1. The fourth-order valence-electron chi connectivity index (χ4n) is 2.92. The number of benzene rings is 1. The number of hydrogen-bond acceptors (Lipinski definition) is 3. The van der Waals surface area contributed by atoms with Crippen molar-refractivity contribution in [1.29, 1.82) is 0 Å². The van der Waals surface area contributed by atoms with Crippen molar-refractivity contribution in [3.8, 4) is 0 Å². The Hall–Kier alpha value is -1.24. The number of rotatable bonds is 2. The summed E-state index contributed by atoms with van der Waals surface area (Å²) < 4.78 is 0.792. The van der Waals surface area contributed by atoms with Gasteiger partial charge in [-0.3, -0.25) is 14.5 Å². The van der Waals surface area contributed by atoms with Crippen molar-refractivity contribution in [3.63, 3.8) is 0 Å². The van der Waals surface area contributed by atoms with Crippen molar-refractivity contribution in [2.24, 2.45) is 0 Å². The van der Waals surface area contributed by atoms with Crippen LogP contribution < -0.4 is 9.80 Å². The standard InChI is InChI=1S/C14H15BrN2O3/c15-9-3-4-12-11(6-9)13(19)14(20)17(12)8-16-5-1-2-10(18)7-16/h3-4,6,10,18H,1-2,5,7-8H2/p+1/t10-/m1/s1. The van der Waals surface area contributed by atoms with Crippen molar-refractivity contribution >= 4 is 33.3 Å². The third-order valence-electron chi connectivity index (χ3n) is 3.91. The minimum atomic E-state index is -0.467. The number of quaternary nitrogens is 1. The van der Waals surface area contributed by atoms with Gasteiger partial charge in [0.1, 0.15) is 12.6 Å². The highest BCUT2D eigenvalue weighted by molar-refractivity contribution is 9.10. The minimum absolute atomic E-state index is 0.309. The first-order valence-corrected chi connectivity index (χ1v) is 7.53. The number of amides is 1. The van der Waals surface area contributed by atoms with Crippen molar-refractivity contribution in [2.45, 2.75) is 18.9 Å². The van der Waals surface area contributed by atoms with Crippen molar-refractivity contribution in [3.05, 3.63) is 28.2 Å². The number of aliphatic hydroxyl groups excluding tert-OH is 1. The summed E-state index contributed by atoms with van der Waals surface area (Å²) in [6, 6.07) is 5.32. The molecule has 0 radical (unpaired) electrons. The largest absolute Gasteiger partial charge is 0.387 e. The van der Waals surface area contributed by atoms with Gasteiger partial charge < -0.3 is 10.0 Å². The van der Waals surface area contributed by atoms with Crippen LogP contribution in [0.1, 0.15) is 23.2 Å². The summed E-state index contributed by atoms with van der Waals surface area (Å²) in [5.41, 5.74) is 1.14. The first-order chi connectivity index (χ1) is 9.56. The van der Waals surface area contributed by atoms with E-state index in [9.17, 15) is 14.7 Å². The minimum Gasteiger partial charge on any atom is -0.387 e. The number of carbonyl (C=O) groups excluding carboxylic acids is 2. The Labute approximate surface area is 125 Å². The number of anilines is 1. The van der Waals surface area contributed by atoms with E-state index in [1.165, 1.54) is 4.90 Å². The van der Waals surface area contributed by atoms with E-state index in [2.05, 4.69) is 15.9 Å². The fourth-order valence-corrected chi connectivity index (χ4v) is 3.28. The summed E-state index contributed by atoms with van der Waals surface area (Å²) in [5, 5.41) is 9.71. The quantitative estimate of drug-likeness (QED) is 0.744. The average molecular weight is 340 g/mol. The Morgan fingerprint density at radius 3 is 2.95 bits per heavy atom. The molecule has 1 saturated heterocycles. The van der Waals surface area contributed by atoms with Crippen molar-refractivity contribution in [2.75, 3.05) is 24.7 Å². The molecule has 1 aromatic rings. The third kappa shape index (κ3) is 2.39. The second-order valence-electron chi connectivity index (χ2n) is 5.38. The molecule has 2 aliphatic rings. The van der Waals surface area contributed by atoms with Gasteiger partial charge in [-0.25, -0.2) is 0 Å². The zero-order chi connectivity index (χ0) is 14.3. The molecule has 2 N–H and O–H groups in total. The van der Waals surface area contributed by atoms with Crippen LogP contribution in [-0.2, 0) is 4.79 Å². The lowest BCUT2D eigenvalue weighted by atomic mass is 10.1. The first kappa shape index (κ1) is 13.7. The van der Waals surface area contributed by atoms with Gasteiger partial charge in [0.05, 0.1) is 17.8 Å². The van der Waals surface area contributed by atoms with E-state index < -0.39 is 11.7 Å². The number of piperidine rings is 1. The summed E-state index contributed by atoms with van der Waals surface area (Å²) in [6.07, 6.45) is 1.45. The van der Waals surface area contributed by atoms with Gasteiger partial charge in [0.2, 0.25) is 0 Å². The van der Waals surface area contributed by atoms with Crippen LogP contribution in [-0.4, -0.2) is 42.7 Å². The molecule has 1 aromatic carbocycles. The number of fused-ring (bicyclic) bond motifs is 1. The summed E-state index contributed by atoms with van der Waals surface area (Å²) in [6.45, 7) is 1.99. The van der Waals surface area contributed by atoms with Crippen LogP contribution in [0.15, 0.2) is 22.7 Å². The molecule has 3 rings (SSSR count). The van der Waals surface area contributed by atoms with Gasteiger partial charge in [-0.1, -0.05) is 15.9 Å². The smallest absolute Gasteiger partial charge is 0.303 e. The summed E-state index contributed by atoms with van der Waals surface area (Å²) >= 11 is 3.32. The Morgan fingerprint density at radius 2 is 2.20 bits per heavy atom. The first-order valence-electron chi connectivity index (χ1n) is 6.73. The Bertz CT molecular complexity index is 576. The Kier molecular flexibility index (Phi) is 3.62. The number of nitrogens with zero attached hydrogens (tertiary/aromatic N) is 1. The van der Waals surface area contributed by atoms with Gasteiger partial charge in [-0.15, -0.1) is 0 Å². The number of ketones is 1. The molecule has 6 heteroatoms. The number of nitrogens with one attached hydrogen (secondary N) is 1. The Morgan fingerprint density at radius 1 is 1.40 bits per heavy atom. The predicted molar refractivity (Wildman–Crippen MR) is 76.8 cm³/mol. The van der Waals surface area contributed by atoms with E-state index in [4.69, 9.17) is 0 Å². The lowest BCUT2D eigenvalue weighted by Crippen LogP contribution is -3.15. The van der Waals surface area contributed by atoms with Crippen LogP contribution in [0, 0.1) is 0 Å². The van der Waals surface area contributed by atoms with Crippen LogP contribution in [0.3, 0.4) is 0 Å². The zero-order valence-corrected chi connectivity index (χ0v) is 12.5. The molecule has 0 aliphatic carbocycles. The predicted octanol–water partition coefficient (Wildman–Crippen LogP) is -0.0245. The highest BCUT2D eigenvalue weighted by Gasteiger charge is 2.38. The van der Waals surface area contributed by atoms with Gasteiger partial charge >= 0.3 is 5.91 Å². The van der Waals surface area contributed by atoms with Crippen LogP contribution in [0.4, 0.5) is 5.69 Å². The molecule has 2 atom stereocenters. The van der Waals surface area contributed by atoms with E-state index in [-0.39, 0.29) is 6.10 Å². The molecule has 1 amide bonds. The summed E-state index contributed by atoms with van der Waals surface area (Å²) in [5.74, 6) is -0.913. The molecule has 1 unspecified atom stereocenters. The van der Waals surface area contributed by atoms with Gasteiger partial charge in [-0.05, 0) is 31.0 Å². The van der Waals surface area contributed by atoms with E-state index in [1.807, 2.05) is 6.07 Å². The van der Waals surface area contributed by atoms with Crippen molar-refractivity contribution < 1.29 is 19.6 Å². The average Bonchev–Trinajstić information content (AvgIpc) is 2.64. The van der Waals surface area contributed by atoms with Crippen LogP contribution >= 0.6 is 15.9 Å². The molecule has 2 aliphatic heterocycles. The number of likely N-dealkylation sites (tertiary alicyclic amines) is 1. The van der Waals surface area contributed by atoms with Crippen LogP contribution in [0.2, 0.25) is 0 Å². The molecule has 106 valence electrons. The van der Waals surface area contributed by atoms with Gasteiger partial charge in [0.25, 0.3) is 5.78 Å². The number of aliphatic hydroxyl groups is 1. The van der Waals surface area contributed by atoms with Gasteiger partial charge in [-0.2, -0.15) is 0 Å². The van der Waals surface area contributed by atoms with Gasteiger partial charge in [0.15, 0.2) is 6.67 Å². The molecule has 0 aromatic heterocycles. The summed E-state index contributed by atoms with van der Waals surface area (Å²) in [4.78, 5) is 26.8. The number of Topliss-reactive ketones (excluding diaryl/α,β-unsaturated/α-hetero) is 1. The van der Waals surface area contributed by atoms with Crippen LogP contribution in [0.25, 0.3) is 0 Å². The fraction of sp³-hybridized carbons (Fsp3) is 0.429. The molecular formula is C14H16BrN2O3+. The summed E-state index contributed by atoms with van der Waals surface area (Å²) in [7, 11) is 0. The maximum atomic E-state index is 12.1. The maximum Gasteiger partial charge on any atom is 0.303 e. The monoisotopic (exact) mass is 339 g/mol. The second-order valence-corrected chi connectivity index (χ2v) is 6.30. The van der Waals surface area contributed by atoms with E-state index in [0.29, 0.717) is 24.5 Å². The molecule has 0 bridgehead atoms. The second kappa shape index (κ2) is 5.27. The molecule has 0 saturated carbocycles. The van der Waals surface area contributed by atoms with E-state index >= 15 is 0 Å². The lowest BCUT2D eigenvalue weighted by molar-refractivity contribution is -0.907. The normalized spacial score (nSPS) is 26.0. The SMILES string of the molecule is O=C1C(=O)N(C[NH+]2CCC[C@@H](O)C2)c2ccc(Br)cc21. The molecule has 2 heterocycles. The molecule has 20 heavy (non-hydrogen) atoms. The Balaban J connectivity index is 1.84. The topological polar surface area (TPSA) is 62.0 Å². The number of hydrogen-bond donors (Lipinski definition) is 2. The number of halogens is 1. The van der Waals surface area contributed by atoms with E-state index in [0.717, 1.165) is 28.8 Å². The molecule has 1 fully saturated rings. The molecule has 5 nitrogen and oxygen atoms in total. The lowest BCUT2D eigenvalue weighted by Gasteiger charge is -2.30. The highest BCUT2D eigenvalue weighted by Crippen LogP contribution is 2.30. The van der Waals surface area contributed by atoms with Gasteiger partial charge in [0, 0.05) is 4.47 Å².